The van der Waals surface area contributed by atoms with Crippen molar-refractivity contribution in [2.24, 2.45) is 0 Å². The Morgan fingerprint density at radius 2 is 1.23 bits per heavy atom. The predicted octanol–water partition coefficient (Wildman–Crippen LogP) is 5.72. The van der Waals surface area contributed by atoms with E-state index >= 15 is 0 Å². The maximum Gasteiger partial charge on any atom is 0.0602 e. The Bertz CT molecular complexity index is 895. The molecule has 0 atom stereocenters. The van der Waals surface area contributed by atoms with Gasteiger partial charge in [-0.25, -0.2) is 0 Å². The molecule has 0 aliphatic carbocycles. The zero-order valence-electron chi connectivity index (χ0n) is 18.6. The minimum absolute atomic E-state index is 0. The molecule has 3 aromatic carbocycles. The summed E-state index contributed by atoms with van der Waals surface area (Å²) in [6.45, 7) is 9.72. The first-order valence-electron chi connectivity index (χ1n) is 11.0. The molecule has 0 saturated carbocycles. The minimum Gasteiger partial charge on any atom is -0.297 e. The van der Waals surface area contributed by atoms with E-state index in [0.717, 1.165) is 32.7 Å². The van der Waals surface area contributed by atoms with Gasteiger partial charge in [-0.2, -0.15) is 0 Å². The molecule has 0 N–H and O–H groups in total. The Morgan fingerprint density at radius 3 is 1.74 bits per heavy atom. The summed E-state index contributed by atoms with van der Waals surface area (Å²) in [5.74, 6) is 0. The molecule has 4 rings (SSSR count). The molecule has 31 heavy (non-hydrogen) atoms. The fraction of sp³-hybridized carbons (Fsp3) is 0.286. The summed E-state index contributed by atoms with van der Waals surface area (Å²) < 4.78 is 0. The quantitative estimate of drug-likeness (QED) is 0.477. The van der Waals surface area contributed by atoms with Crippen LogP contribution in [0.15, 0.2) is 84.9 Å². The van der Waals surface area contributed by atoms with E-state index in [1.54, 1.807) is 0 Å². The zero-order valence-corrected chi connectivity index (χ0v) is 20.0. The number of nitrogens with zero attached hydrogens (tertiary/aromatic N) is 2. The molecular weight excluding hydrogens is 415 g/mol. The number of hydrogen-bond donors (Lipinski definition) is 0. The van der Waals surface area contributed by atoms with Crippen molar-refractivity contribution in [3.63, 3.8) is 0 Å². The maximum absolute atomic E-state index is 2.65. The number of aryl methyl sites for hydroxylation is 2. The van der Waals surface area contributed by atoms with Crippen molar-refractivity contribution >= 4 is 6.08 Å². The zero-order chi connectivity index (χ0) is 20.8. The molecule has 2 nitrogen and oxygen atoms in total. The van der Waals surface area contributed by atoms with Gasteiger partial charge in [0.1, 0.15) is 0 Å². The molecule has 3 heteroatoms. The van der Waals surface area contributed by atoms with E-state index in [0.29, 0.717) is 6.04 Å². The Morgan fingerprint density at radius 1 is 0.710 bits per heavy atom. The van der Waals surface area contributed by atoms with E-state index in [1.807, 2.05) is 0 Å². The summed E-state index contributed by atoms with van der Waals surface area (Å²) in [5, 5.41) is 0. The van der Waals surface area contributed by atoms with Crippen molar-refractivity contribution in [2.75, 3.05) is 32.7 Å². The molecule has 0 aromatic heterocycles. The Hall–Kier alpha value is -2.10. The van der Waals surface area contributed by atoms with Gasteiger partial charge in [0, 0.05) is 51.3 Å². The molecule has 3 aromatic rings. The first-order valence-corrected chi connectivity index (χ1v) is 11.0. The van der Waals surface area contributed by atoms with Gasteiger partial charge in [0.25, 0.3) is 0 Å². The van der Waals surface area contributed by atoms with Crippen LogP contribution in [0.5, 0.6) is 0 Å². The van der Waals surface area contributed by atoms with Crippen LogP contribution in [0.4, 0.5) is 0 Å². The summed E-state index contributed by atoms with van der Waals surface area (Å²) in [6.07, 6.45) is 4.52. The topological polar surface area (TPSA) is 6.48 Å². The molecule has 1 heterocycles. The van der Waals surface area contributed by atoms with Crippen molar-refractivity contribution in [3.05, 3.63) is 113 Å². The van der Waals surface area contributed by atoms with Crippen LogP contribution >= 0.6 is 0 Å². The number of benzene rings is 3. The van der Waals surface area contributed by atoms with E-state index in [2.05, 4.69) is 115 Å². The van der Waals surface area contributed by atoms with E-state index < -0.39 is 0 Å². The third-order valence-electron chi connectivity index (χ3n) is 6.03. The summed E-state index contributed by atoms with van der Waals surface area (Å²) >= 11 is 0. The second-order valence-electron chi connectivity index (χ2n) is 8.37. The van der Waals surface area contributed by atoms with Crippen molar-refractivity contribution < 1.29 is 18.6 Å². The van der Waals surface area contributed by atoms with Crippen molar-refractivity contribution in [2.45, 2.75) is 19.9 Å². The van der Waals surface area contributed by atoms with Gasteiger partial charge in [-0.15, -0.1) is 0 Å². The molecular formula is C28H32N2V. The van der Waals surface area contributed by atoms with Gasteiger partial charge in [0.15, 0.2) is 0 Å². The largest absolute Gasteiger partial charge is 0.297 e. The average Bonchev–Trinajstić information content (AvgIpc) is 2.78. The summed E-state index contributed by atoms with van der Waals surface area (Å²) in [5.41, 5.74) is 6.69. The summed E-state index contributed by atoms with van der Waals surface area (Å²) in [4.78, 5) is 5.20. The smallest absolute Gasteiger partial charge is 0.0602 e. The van der Waals surface area contributed by atoms with Gasteiger partial charge < -0.3 is 0 Å². The Balaban J connectivity index is 0.00000272. The number of rotatable bonds is 6. The van der Waals surface area contributed by atoms with Crippen LogP contribution in [-0.2, 0) is 18.6 Å². The molecule has 159 valence electrons. The fourth-order valence-electron chi connectivity index (χ4n) is 4.22. The summed E-state index contributed by atoms with van der Waals surface area (Å²) in [6, 6.07) is 29.0. The van der Waals surface area contributed by atoms with E-state index in [-0.39, 0.29) is 18.6 Å². The molecule has 1 saturated heterocycles. The number of piperazine rings is 1. The van der Waals surface area contributed by atoms with Crippen LogP contribution in [0, 0.1) is 13.8 Å². The van der Waals surface area contributed by atoms with Gasteiger partial charge in [-0.1, -0.05) is 102 Å². The van der Waals surface area contributed by atoms with Crippen molar-refractivity contribution in [1.82, 2.24) is 9.80 Å². The summed E-state index contributed by atoms with van der Waals surface area (Å²) in [7, 11) is 0. The van der Waals surface area contributed by atoms with Crippen LogP contribution in [-0.4, -0.2) is 42.5 Å². The van der Waals surface area contributed by atoms with E-state index in [4.69, 9.17) is 0 Å². The second kappa shape index (κ2) is 11.5. The SMILES string of the molecule is Cc1ccc(C(c2ccc(C)cc2)N2CCN(C/C=C/c3ccccc3)CC2)cc1.[V]. The van der Waals surface area contributed by atoms with Crippen LogP contribution < -0.4 is 0 Å². The molecule has 1 aliphatic heterocycles. The van der Waals surface area contributed by atoms with Crippen LogP contribution in [0.1, 0.15) is 33.9 Å². The molecule has 0 spiro atoms. The molecule has 0 unspecified atom stereocenters. The Kier molecular flexibility index (Phi) is 8.74. The monoisotopic (exact) mass is 447 g/mol. The van der Waals surface area contributed by atoms with Crippen LogP contribution in [0.25, 0.3) is 6.08 Å². The second-order valence-corrected chi connectivity index (χ2v) is 8.37. The van der Waals surface area contributed by atoms with Gasteiger partial charge in [0.2, 0.25) is 0 Å². The van der Waals surface area contributed by atoms with E-state index in [9.17, 15) is 0 Å². The van der Waals surface area contributed by atoms with Gasteiger partial charge in [-0.3, -0.25) is 9.80 Å². The van der Waals surface area contributed by atoms with E-state index in [1.165, 1.54) is 27.8 Å². The van der Waals surface area contributed by atoms with Gasteiger partial charge in [0.05, 0.1) is 6.04 Å². The van der Waals surface area contributed by atoms with Gasteiger partial charge >= 0.3 is 0 Å². The molecule has 0 bridgehead atoms. The first-order chi connectivity index (χ1) is 14.7. The van der Waals surface area contributed by atoms with Crippen LogP contribution in [0.3, 0.4) is 0 Å². The first kappa shape index (κ1) is 23.6. The average molecular weight is 448 g/mol. The third-order valence-corrected chi connectivity index (χ3v) is 6.03. The Labute approximate surface area is 199 Å². The molecule has 1 radical (unpaired) electrons. The maximum atomic E-state index is 2.65. The van der Waals surface area contributed by atoms with Crippen LogP contribution in [0.2, 0.25) is 0 Å². The molecule has 0 amide bonds. The van der Waals surface area contributed by atoms with Gasteiger partial charge in [-0.05, 0) is 30.5 Å². The van der Waals surface area contributed by atoms with Crippen molar-refractivity contribution in [3.8, 4) is 0 Å². The standard InChI is InChI=1S/C28H32N2.V/c1-23-10-14-26(15-11-23)28(27-16-12-24(2)13-17-27)30-21-19-29(20-22-30)18-6-9-25-7-4-3-5-8-25;/h3-17,28H,18-22H2,1-2H3;/b9-6+;. The third kappa shape index (κ3) is 6.44. The molecule has 1 fully saturated rings. The van der Waals surface area contributed by atoms with Crippen molar-refractivity contribution in [1.29, 1.82) is 0 Å². The minimum atomic E-state index is 0. The predicted molar refractivity (Wildman–Crippen MR) is 128 cm³/mol. The molecule has 1 aliphatic rings. The fourth-order valence-corrected chi connectivity index (χ4v) is 4.22. The normalized spacial score (nSPS) is 15.3. The number of hydrogen-bond acceptors (Lipinski definition) is 2.